The van der Waals surface area contributed by atoms with Gasteiger partial charge in [-0.25, -0.2) is 4.79 Å². The van der Waals surface area contributed by atoms with Crippen LogP contribution in [0.25, 0.3) is 0 Å². The van der Waals surface area contributed by atoms with Crippen LogP contribution in [0, 0.1) is 0 Å². The second-order valence-corrected chi connectivity index (χ2v) is 5.54. The molecule has 6 heteroatoms. The quantitative estimate of drug-likeness (QED) is 0.879. The first kappa shape index (κ1) is 16.6. The summed E-state index contributed by atoms with van der Waals surface area (Å²) < 4.78 is 5.17. The number of carbonyl (C=O) groups excluding carboxylic acids is 1. The number of urea groups is 1. The first-order valence-electron chi connectivity index (χ1n) is 6.38. The minimum absolute atomic E-state index is 0.234. The molecule has 0 radical (unpaired) electrons. The van der Waals surface area contributed by atoms with Crippen LogP contribution in [0.4, 0.5) is 10.5 Å². The van der Waals surface area contributed by atoms with Gasteiger partial charge in [0.25, 0.3) is 0 Å². The van der Waals surface area contributed by atoms with Gasteiger partial charge in [-0.15, -0.1) is 0 Å². The van der Waals surface area contributed by atoms with Crippen molar-refractivity contribution >= 4 is 23.3 Å². The van der Waals surface area contributed by atoms with Crippen LogP contribution in [0.5, 0.6) is 5.75 Å². The van der Waals surface area contributed by atoms with Gasteiger partial charge >= 0.3 is 6.03 Å². The molecule has 20 heavy (non-hydrogen) atoms. The average Bonchev–Trinajstić information content (AvgIpc) is 2.35. The third kappa shape index (κ3) is 4.90. The van der Waals surface area contributed by atoms with Crippen LogP contribution >= 0.6 is 11.6 Å². The summed E-state index contributed by atoms with van der Waals surface area (Å²) in [6.45, 7) is 5.88. The molecular formula is C14H21ClN2O3. The molecular weight excluding hydrogens is 280 g/mol. The number of nitrogens with one attached hydrogen (secondary N) is 1. The smallest absolute Gasteiger partial charge is 0.322 e. The first-order valence-corrected chi connectivity index (χ1v) is 6.76. The van der Waals surface area contributed by atoms with E-state index in [1.807, 2.05) is 6.92 Å². The maximum absolute atomic E-state index is 12.2. The van der Waals surface area contributed by atoms with Crippen molar-refractivity contribution in [1.82, 2.24) is 4.90 Å². The second-order valence-electron chi connectivity index (χ2n) is 5.10. The zero-order valence-electron chi connectivity index (χ0n) is 12.2. The van der Waals surface area contributed by atoms with Crippen molar-refractivity contribution in [3.8, 4) is 5.75 Å². The molecule has 0 aromatic heterocycles. The number of nitrogens with zero attached hydrogens (tertiary/aromatic N) is 1. The molecule has 1 aromatic carbocycles. The largest absolute Gasteiger partial charge is 0.495 e. The third-order valence-electron chi connectivity index (χ3n) is 2.65. The molecule has 112 valence electrons. The lowest BCUT2D eigenvalue weighted by molar-refractivity contribution is 0.0501. The highest BCUT2D eigenvalue weighted by molar-refractivity contribution is 6.31. The normalized spacial score (nSPS) is 11.1. The molecule has 0 unspecified atom stereocenters. The molecule has 1 rings (SSSR count). The Kier molecular flexibility index (Phi) is 5.65. The van der Waals surface area contributed by atoms with Crippen LogP contribution in [0.3, 0.4) is 0 Å². The molecule has 2 amide bonds. The molecule has 0 saturated carbocycles. The minimum atomic E-state index is -0.953. The highest BCUT2D eigenvalue weighted by Gasteiger charge is 2.22. The van der Waals surface area contributed by atoms with Gasteiger partial charge in [0.1, 0.15) is 5.75 Å². The Balaban J connectivity index is 2.86. The second kappa shape index (κ2) is 6.81. The van der Waals surface area contributed by atoms with Crippen molar-refractivity contribution < 1.29 is 14.6 Å². The van der Waals surface area contributed by atoms with Crippen molar-refractivity contribution in [3.63, 3.8) is 0 Å². The van der Waals surface area contributed by atoms with E-state index >= 15 is 0 Å². The Morgan fingerprint density at radius 1 is 1.50 bits per heavy atom. The van der Waals surface area contributed by atoms with Gasteiger partial charge in [-0.3, -0.25) is 0 Å². The summed E-state index contributed by atoms with van der Waals surface area (Å²) in [7, 11) is 1.52. The van der Waals surface area contributed by atoms with E-state index in [4.69, 9.17) is 16.3 Å². The highest BCUT2D eigenvalue weighted by atomic mass is 35.5. The number of likely N-dealkylation sites (N-methyl/N-ethyl adjacent to an activating group) is 1. The molecule has 0 heterocycles. The molecule has 0 atom stereocenters. The van der Waals surface area contributed by atoms with Crippen LogP contribution in [0.1, 0.15) is 20.8 Å². The van der Waals surface area contributed by atoms with Gasteiger partial charge < -0.3 is 20.1 Å². The summed E-state index contributed by atoms with van der Waals surface area (Å²) >= 11 is 5.92. The fraction of sp³-hybridized carbons (Fsp3) is 0.500. The van der Waals surface area contributed by atoms with Crippen molar-refractivity contribution in [3.05, 3.63) is 23.2 Å². The van der Waals surface area contributed by atoms with Crippen LogP contribution in [0.2, 0.25) is 5.02 Å². The lowest BCUT2D eigenvalue weighted by Gasteiger charge is -2.28. The molecule has 2 N–H and O–H groups in total. The van der Waals surface area contributed by atoms with E-state index in [1.54, 1.807) is 32.0 Å². The SMILES string of the molecule is CCN(CC(C)(C)O)C(=O)Nc1cc(Cl)ccc1OC. The maximum atomic E-state index is 12.2. The molecule has 0 spiro atoms. The monoisotopic (exact) mass is 300 g/mol. The number of rotatable bonds is 5. The minimum Gasteiger partial charge on any atom is -0.495 e. The number of carbonyl (C=O) groups is 1. The lowest BCUT2D eigenvalue weighted by Crippen LogP contribution is -2.44. The fourth-order valence-corrected chi connectivity index (χ4v) is 1.94. The number of ether oxygens (including phenoxy) is 1. The lowest BCUT2D eigenvalue weighted by atomic mass is 10.1. The van der Waals surface area contributed by atoms with Crippen LogP contribution in [-0.4, -0.2) is 41.8 Å². The Labute approximate surface area is 124 Å². The van der Waals surface area contributed by atoms with Crippen LogP contribution in [-0.2, 0) is 0 Å². The fourth-order valence-electron chi connectivity index (χ4n) is 1.77. The Bertz CT molecular complexity index is 472. The molecule has 0 fully saturated rings. The van der Waals surface area contributed by atoms with Gasteiger partial charge in [0.15, 0.2) is 0 Å². The van der Waals surface area contributed by atoms with E-state index < -0.39 is 5.60 Å². The van der Waals surface area contributed by atoms with E-state index in [9.17, 15) is 9.90 Å². The van der Waals surface area contributed by atoms with Gasteiger partial charge in [0, 0.05) is 11.6 Å². The molecule has 0 saturated heterocycles. The number of hydrogen-bond donors (Lipinski definition) is 2. The zero-order chi connectivity index (χ0) is 15.3. The van der Waals surface area contributed by atoms with Crippen LogP contribution in [0.15, 0.2) is 18.2 Å². The Morgan fingerprint density at radius 2 is 2.15 bits per heavy atom. The van der Waals surface area contributed by atoms with Crippen LogP contribution < -0.4 is 10.1 Å². The topological polar surface area (TPSA) is 61.8 Å². The number of hydrogen-bond acceptors (Lipinski definition) is 3. The zero-order valence-corrected chi connectivity index (χ0v) is 13.0. The third-order valence-corrected chi connectivity index (χ3v) is 2.88. The van der Waals surface area contributed by atoms with Gasteiger partial charge in [-0.05, 0) is 39.0 Å². The summed E-state index contributed by atoms with van der Waals surface area (Å²) in [6.07, 6.45) is 0. The number of anilines is 1. The van der Waals surface area contributed by atoms with Gasteiger partial charge in [-0.1, -0.05) is 11.6 Å². The van der Waals surface area contributed by atoms with E-state index in [1.165, 1.54) is 12.0 Å². The Morgan fingerprint density at radius 3 is 2.65 bits per heavy atom. The first-order chi connectivity index (χ1) is 9.26. The maximum Gasteiger partial charge on any atom is 0.322 e. The van der Waals surface area contributed by atoms with E-state index in [2.05, 4.69) is 5.32 Å². The molecule has 0 aliphatic rings. The number of amides is 2. The van der Waals surface area contributed by atoms with Gasteiger partial charge in [0.2, 0.25) is 0 Å². The van der Waals surface area contributed by atoms with E-state index in [0.29, 0.717) is 23.0 Å². The van der Waals surface area contributed by atoms with E-state index in [-0.39, 0.29) is 12.6 Å². The summed E-state index contributed by atoms with van der Waals surface area (Å²) in [5.41, 5.74) is -0.453. The molecule has 5 nitrogen and oxygen atoms in total. The predicted molar refractivity (Wildman–Crippen MR) is 80.6 cm³/mol. The van der Waals surface area contributed by atoms with Gasteiger partial charge in [-0.2, -0.15) is 0 Å². The van der Waals surface area contributed by atoms with Crippen molar-refractivity contribution in [2.75, 3.05) is 25.5 Å². The summed E-state index contributed by atoms with van der Waals surface area (Å²) in [5.74, 6) is 0.530. The number of halogens is 1. The van der Waals surface area contributed by atoms with Crippen molar-refractivity contribution in [2.24, 2.45) is 0 Å². The van der Waals surface area contributed by atoms with Gasteiger partial charge in [0.05, 0.1) is 24.9 Å². The summed E-state index contributed by atoms with van der Waals surface area (Å²) in [6, 6.07) is 4.68. The summed E-state index contributed by atoms with van der Waals surface area (Å²) in [4.78, 5) is 13.7. The number of aliphatic hydroxyl groups is 1. The number of benzene rings is 1. The molecule has 1 aromatic rings. The average molecular weight is 301 g/mol. The molecule has 0 aliphatic carbocycles. The highest BCUT2D eigenvalue weighted by Crippen LogP contribution is 2.28. The number of methoxy groups -OCH3 is 1. The van der Waals surface area contributed by atoms with E-state index in [0.717, 1.165) is 0 Å². The molecule has 0 bridgehead atoms. The van der Waals surface area contributed by atoms with Crippen molar-refractivity contribution in [1.29, 1.82) is 0 Å². The Hall–Kier alpha value is -1.46. The predicted octanol–water partition coefficient (Wildman–Crippen LogP) is 2.97. The van der Waals surface area contributed by atoms with Crippen molar-refractivity contribution in [2.45, 2.75) is 26.4 Å². The molecule has 0 aliphatic heterocycles. The standard InChI is InChI=1S/C14H21ClN2O3/c1-5-17(9-14(2,3)19)13(18)16-11-8-10(15)6-7-12(11)20-4/h6-8,19H,5,9H2,1-4H3,(H,16,18). The summed E-state index contributed by atoms with van der Waals surface area (Å²) in [5, 5.41) is 13.1.